The van der Waals surface area contributed by atoms with E-state index >= 15 is 0 Å². The van der Waals surface area contributed by atoms with Gasteiger partial charge in [-0.1, -0.05) is 6.92 Å². The van der Waals surface area contributed by atoms with Crippen molar-refractivity contribution in [2.24, 2.45) is 5.73 Å². The maximum absolute atomic E-state index is 11.6. The summed E-state index contributed by atoms with van der Waals surface area (Å²) in [5, 5.41) is 3.06. The molecule has 1 saturated carbocycles. The van der Waals surface area contributed by atoms with Gasteiger partial charge in [0.05, 0.1) is 6.04 Å². The normalized spacial score (nSPS) is 25.4. The van der Waals surface area contributed by atoms with Crippen molar-refractivity contribution in [3.63, 3.8) is 0 Å². The van der Waals surface area contributed by atoms with Crippen molar-refractivity contribution in [2.45, 2.75) is 57.2 Å². The zero-order valence-electron chi connectivity index (χ0n) is 10.1. The number of hydrogen-bond acceptors (Lipinski definition) is 3. The van der Waals surface area contributed by atoms with Gasteiger partial charge in [0.25, 0.3) is 0 Å². The molecule has 2 aliphatic rings. The predicted molar refractivity (Wildman–Crippen MR) is 64.0 cm³/mol. The minimum absolute atomic E-state index is 0.0207. The van der Waals surface area contributed by atoms with Crippen molar-refractivity contribution < 1.29 is 4.79 Å². The number of nitrogens with two attached hydrogens (primary N) is 1. The van der Waals surface area contributed by atoms with E-state index in [9.17, 15) is 4.79 Å². The van der Waals surface area contributed by atoms with Gasteiger partial charge in [0.15, 0.2) is 0 Å². The van der Waals surface area contributed by atoms with Crippen molar-refractivity contribution in [1.82, 2.24) is 10.2 Å². The lowest BCUT2D eigenvalue weighted by atomic mass is 10.0. The molecular weight excluding hydrogens is 202 g/mol. The minimum atomic E-state index is -0.332. The zero-order valence-corrected chi connectivity index (χ0v) is 10.1. The summed E-state index contributed by atoms with van der Waals surface area (Å²) in [6.07, 6.45) is 5.62. The average Bonchev–Trinajstić information content (AvgIpc) is 3.13. The molecule has 1 aliphatic heterocycles. The monoisotopic (exact) mass is 225 g/mol. The second kappa shape index (κ2) is 5.15. The topological polar surface area (TPSA) is 58.4 Å². The summed E-state index contributed by atoms with van der Waals surface area (Å²) < 4.78 is 0. The molecule has 1 saturated heterocycles. The second-order valence-corrected chi connectivity index (χ2v) is 5.06. The van der Waals surface area contributed by atoms with Crippen LogP contribution in [0.1, 0.15) is 39.0 Å². The quantitative estimate of drug-likeness (QED) is 0.731. The van der Waals surface area contributed by atoms with Crippen molar-refractivity contribution in [3.05, 3.63) is 0 Å². The van der Waals surface area contributed by atoms with E-state index in [2.05, 4.69) is 10.2 Å². The smallest absolute Gasteiger partial charge is 0.237 e. The van der Waals surface area contributed by atoms with Gasteiger partial charge in [-0.3, -0.25) is 4.79 Å². The van der Waals surface area contributed by atoms with Crippen LogP contribution in [0.4, 0.5) is 0 Å². The van der Waals surface area contributed by atoms with Gasteiger partial charge in [0, 0.05) is 25.2 Å². The molecule has 2 rings (SSSR count). The fourth-order valence-corrected chi connectivity index (χ4v) is 2.34. The van der Waals surface area contributed by atoms with Gasteiger partial charge < -0.3 is 16.0 Å². The fraction of sp³-hybridized carbons (Fsp3) is 0.917. The summed E-state index contributed by atoms with van der Waals surface area (Å²) >= 11 is 0. The van der Waals surface area contributed by atoms with Crippen LogP contribution in [-0.4, -0.2) is 42.0 Å². The molecule has 1 atom stereocenters. The van der Waals surface area contributed by atoms with Crippen molar-refractivity contribution in [2.75, 3.05) is 13.1 Å². The van der Waals surface area contributed by atoms with E-state index in [1.165, 1.54) is 12.8 Å². The molecule has 0 spiro atoms. The summed E-state index contributed by atoms with van der Waals surface area (Å²) in [4.78, 5) is 14.2. The highest BCUT2D eigenvalue weighted by atomic mass is 16.2. The number of nitrogens with zero attached hydrogens (tertiary/aromatic N) is 1. The second-order valence-electron chi connectivity index (χ2n) is 5.06. The van der Waals surface area contributed by atoms with Gasteiger partial charge in [-0.05, 0) is 32.1 Å². The van der Waals surface area contributed by atoms with E-state index in [-0.39, 0.29) is 11.9 Å². The van der Waals surface area contributed by atoms with Gasteiger partial charge >= 0.3 is 0 Å². The molecule has 1 heterocycles. The van der Waals surface area contributed by atoms with Crippen LogP contribution in [0.2, 0.25) is 0 Å². The van der Waals surface area contributed by atoms with Crippen molar-refractivity contribution >= 4 is 5.91 Å². The highest BCUT2D eigenvalue weighted by Crippen LogP contribution is 2.29. The number of rotatable bonds is 4. The molecule has 0 aromatic heterocycles. The van der Waals surface area contributed by atoms with Crippen molar-refractivity contribution in [1.29, 1.82) is 0 Å². The Balaban J connectivity index is 1.70. The molecule has 1 amide bonds. The molecule has 4 heteroatoms. The largest absolute Gasteiger partial charge is 0.352 e. The third-order valence-corrected chi connectivity index (χ3v) is 3.72. The van der Waals surface area contributed by atoms with Crippen LogP contribution < -0.4 is 11.1 Å². The maximum atomic E-state index is 11.6. The van der Waals surface area contributed by atoms with Gasteiger partial charge in [0.1, 0.15) is 0 Å². The Kier molecular flexibility index (Phi) is 3.82. The molecule has 0 unspecified atom stereocenters. The number of amides is 1. The number of piperidine rings is 1. The lowest BCUT2D eigenvalue weighted by Gasteiger charge is -2.32. The lowest BCUT2D eigenvalue weighted by Crippen LogP contribution is -2.49. The number of carbonyl (C=O) groups is 1. The van der Waals surface area contributed by atoms with Gasteiger partial charge in [-0.2, -0.15) is 0 Å². The highest BCUT2D eigenvalue weighted by molar-refractivity contribution is 5.81. The molecule has 4 nitrogen and oxygen atoms in total. The molecule has 0 radical (unpaired) electrons. The molecule has 92 valence electrons. The molecule has 3 N–H and O–H groups in total. The molecule has 2 fully saturated rings. The Bertz CT molecular complexity index is 245. The average molecular weight is 225 g/mol. The van der Waals surface area contributed by atoms with Crippen LogP contribution in [0, 0.1) is 0 Å². The zero-order chi connectivity index (χ0) is 11.5. The molecule has 1 aliphatic carbocycles. The van der Waals surface area contributed by atoms with Crippen molar-refractivity contribution in [3.8, 4) is 0 Å². The fourth-order valence-electron chi connectivity index (χ4n) is 2.34. The first kappa shape index (κ1) is 11.9. The predicted octanol–water partition coefficient (Wildman–Crippen LogP) is 0.467. The SMILES string of the molecule is CC[C@@H](N)C(=O)NC1CCN(C2CC2)CC1. The first-order valence-corrected chi connectivity index (χ1v) is 6.50. The Morgan fingerprint density at radius 2 is 2.00 bits per heavy atom. The summed E-state index contributed by atoms with van der Waals surface area (Å²) in [6, 6.07) is 0.871. The molecule has 0 aromatic rings. The first-order chi connectivity index (χ1) is 7.70. The number of nitrogens with one attached hydrogen (secondary N) is 1. The Labute approximate surface area is 97.6 Å². The number of carbonyl (C=O) groups excluding carboxylic acids is 1. The van der Waals surface area contributed by atoms with Gasteiger partial charge in [-0.25, -0.2) is 0 Å². The molecule has 0 aromatic carbocycles. The van der Waals surface area contributed by atoms with E-state index in [1.54, 1.807) is 0 Å². The van der Waals surface area contributed by atoms with Crippen LogP contribution in [0.3, 0.4) is 0 Å². The summed E-state index contributed by atoms with van der Waals surface area (Å²) in [5.74, 6) is 0.0207. The lowest BCUT2D eigenvalue weighted by molar-refractivity contribution is -0.123. The minimum Gasteiger partial charge on any atom is -0.352 e. The molecular formula is C12H23N3O. The highest BCUT2D eigenvalue weighted by Gasteiger charge is 2.32. The maximum Gasteiger partial charge on any atom is 0.237 e. The van der Waals surface area contributed by atoms with Gasteiger partial charge in [-0.15, -0.1) is 0 Å². The van der Waals surface area contributed by atoms with E-state index in [4.69, 9.17) is 5.73 Å². The Morgan fingerprint density at radius 1 is 1.38 bits per heavy atom. The third kappa shape index (κ3) is 2.95. The summed E-state index contributed by atoms with van der Waals surface area (Å²) in [6.45, 7) is 4.22. The van der Waals surface area contributed by atoms with E-state index in [0.29, 0.717) is 12.5 Å². The van der Waals surface area contributed by atoms with E-state index < -0.39 is 0 Å². The van der Waals surface area contributed by atoms with Crippen LogP contribution in [0.5, 0.6) is 0 Å². The van der Waals surface area contributed by atoms with Gasteiger partial charge in [0.2, 0.25) is 5.91 Å². The standard InChI is InChI=1S/C12H23N3O/c1-2-11(13)12(16)14-9-5-7-15(8-6-9)10-3-4-10/h9-11H,2-8,13H2,1H3,(H,14,16)/t11-/m1/s1. The Morgan fingerprint density at radius 3 is 2.50 bits per heavy atom. The molecule has 0 bridgehead atoms. The van der Waals surface area contributed by atoms with Crippen LogP contribution >= 0.6 is 0 Å². The van der Waals surface area contributed by atoms with E-state index in [1.807, 2.05) is 6.92 Å². The first-order valence-electron chi connectivity index (χ1n) is 6.50. The Hall–Kier alpha value is -0.610. The summed E-state index contributed by atoms with van der Waals surface area (Å²) in [5.41, 5.74) is 5.70. The number of hydrogen-bond donors (Lipinski definition) is 2. The van der Waals surface area contributed by atoms with Crippen LogP contribution in [0.15, 0.2) is 0 Å². The summed E-state index contributed by atoms with van der Waals surface area (Å²) in [7, 11) is 0. The van der Waals surface area contributed by atoms with E-state index in [0.717, 1.165) is 32.0 Å². The third-order valence-electron chi connectivity index (χ3n) is 3.72. The van der Waals surface area contributed by atoms with Crippen LogP contribution in [-0.2, 0) is 4.79 Å². The number of likely N-dealkylation sites (tertiary alicyclic amines) is 1. The molecule has 16 heavy (non-hydrogen) atoms. The van der Waals surface area contributed by atoms with Crippen LogP contribution in [0.25, 0.3) is 0 Å².